The van der Waals surface area contributed by atoms with E-state index in [9.17, 15) is 0 Å². The fourth-order valence-electron chi connectivity index (χ4n) is 2.71. The van der Waals surface area contributed by atoms with Crippen LogP contribution in [0.3, 0.4) is 0 Å². The molecule has 0 radical (unpaired) electrons. The number of anilines is 1. The van der Waals surface area contributed by atoms with Crippen LogP contribution >= 0.6 is 58.0 Å². The number of nitrogens with one attached hydrogen (secondary N) is 1. The van der Waals surface area contributed by atoms with Crippen molar-refractivity contribution in [3.05, 3.63) is 85.9 Å². The maximum Gasteiger partial charge on any atom is 0.159 e. The molecule has 1 aromatic carbocycles. The van der Waals surface area contributed by atoms with Gasteiger partial charge in [-0.1, -0.05) is 64.1 Å². The van der Waals surface area contributed by atoms with Gasteiger partial charge in [0.2, 0.25) is 0 Å². The SMILES string of the molecule is Clc1cc(Cl)n2nccc2n1.Clc1ccc(CNc2cc(Cl)nc3ccnn23)c(Cl)c1. The van der Waals surface area contributed by atoms with E-state index in [1.54, 1.807) is 53.3 Å². The summed E-state index contributed by atoms with van der Waals surface area (Å²) in [7, 11) is 0. The van der Waals surface area contributed by atoms with Gasteiger partial charge in [0, 0.05) is 40.9 Å². The number of fused-ring (bicyclic) bond motifs is 2. The second-order valence-electron chi connectivity index (χ2n) is 6.16. The van der Waals surface area contributed by atoms with Crippen molar-refractivity contribution in [2.75, 3.05) is 5.32 Å². The zero-order chi connectivity index (χ0) is 22.0. The Bertz CT molecular complexity index is 1360. The number of halogens is 5. The van der Waals surface area contributed by atoms with Gasteiger partial charge in [-0.15, -0.1) is 0 Å². The van der Waals surface area contributed by atoms with Crippen molar-refractivity contribution < 1.29 is 0 Å². The molecule has 0 atom stereocenters. The van der Waals surface area contributed by atoms with Gasteiger partial charge < -0.3 is 5.32 Å². The van der Waals surface area contributed by atoms with Gasteiger partial charge in [-0.3, -0.25) is 0 Å². The molecule has 0 aliphatic rings. The summed E-state index contributed by atoms with van der Waals surface area (Å²) in [5, 5.41) is 13.8. The summed E-state index contributed by atoms with van der Waals surface area (Å²) in [6.45, 7) is 0.533. The van der Waals surface area contributed by atoms with Gasteiger partial charge in [0.05, 0.1) is 12.4 Å². The molecule has 0 fully saturated rings. The second kappa shape index (κ2) is 9.46. The summed E-state index contributed by atoms with van der Waals surface area (Å²) in [5.74, 6) is 0.746. The van der Waals surface area contributed by atoms with E-state index >= 15 is 0 Å². The Morgan fingerprint density at radius 2 is 1.39 bits per heavy atom. The first-order valence-electron chi connectivity index (χ1n) is 8.74. The third-order valence-electron chi connectivity index (χ3n) is 4.09. The largest absolute Gasteiger partial charge is 0.366 e. The van der Waals surface area contributed by atoms with Crippen LogP contribution in [-0.4, -0.2) is 29.2 Å². The molecule has 4 aromatic heterocycles. The van der Waals surface area contributed by atoms with Gasteiger partial charge in [-0.2, -0.15) is 14.7 Å². The molecule has 5 rings (SSSR count). The minimum Gasteiger partial charge on any atom is -0.366 e. The van der Waals surface area contributed by atoms with Crippen LogP contribution in [0.2, 0.25) is 25.5 Å². The van der Waals surface area contributed by atoms with Gasteiger partial charge in [0.15, 0.2) is 11.3 Å². The van der Waals surface area contributed by atoms with Crippen molar-refractivity contribution in [2.45, 2.75) is 6.54 Å². The fraction of sp³-hybridized carbons (Fsp3) is 0.0526. The van der Waals surface area contributed by atoms with E-state index in [4.69, 9.17) is 58.0 Å². The molecule has 5 aromatic rings. The molecule has 31 heavy (non-hydrogen) atoms. The highest BCUT2D eigenvalue weighted by Gasteiger charge is 2.07. The zero-order valence-electron chi connectivity index (χ0n) is 15.5. The summed E-state index contributed by atoms with van der Waals surface area (Å²) < 4.78 is 3.18. The number of hydrogen-bond acceptors (Lipinski definition) is 5. The van der Waals surface area contributed by atoms with E-state index in [1.807, 2.05) is 6.07 Å². The number of hydrogen-bond donors (Lipinski definition) is 1. The molecule has 4 heterocycles. The predicted octanol–water partition coefficient (Wildman–Crippen LogP) is 6.34. The van der Waals surface area contributed by atoms with Gasteiger partial charge in [0.25, 0.3) is 0 Å². The molecule has 0 aliphatic heterocycles. The van der Waals surface area contributed by atoms with Crippen LogP contribution in [0.25, 0.3) is 11.3 Å². The standard InChI is InChI=1S/C13H9Cl3N4.C6H3Cl2N3/c14-9-2-1-8(10(15)5-9)7-17-13-6-11(16)19-12-3-4-18-20(12)13;7-4-3-5(8)11-6(10-4)1-2-9-11/h1-6,17H,7H2;1-3H. The normalized spacial score (nSPS) is 10.9. The Labute approximate surface area is 201 Å². The van der Waals surface area contributed by atoms with Crippen LogP contribution in [-0.2, 0) is 6.54 Å². The molecule has 0 unspecified atom stereocenters. The first kappa shape index (κ1) is 21.9. The van der Waals surface area contributed by atoms with Crippen LogP contribution in [0.1, 0.15) is 5.56 Å². The van der Waals surface area contributed by atoms with Crippen LogP contribution < -0.4 is 5.32 Å². The lowest BCUT2D eigenvalue weighted by Crippen LogP contribution is -2.06. The van der Waals surface area contributed by atoms with Crippen molar-refractivity contribution in [2.24, 2.45) is 0 Å². The minimum atomic E-state index is 0.378. The van der Waals surface area contributed by atoms with Gasteiger partial charge in [0.1, 0.15) is 21.3 Å². The van der Waals surface area contributed by atoms with E-state index in [-0.39, 0.29) is 0 Å². The molecule has 158 valence electrons. The third-order valence-corrected chi connectivity index (χ3v) is 5.33. The molecule has 1 N–H and O–H groups in total. The Morgan fingerprint density at radius 3 is 2.10 bits per heavy atom. The lowest BCUT2D eigenvalue weighted by Gasteiger charge is -2.10. The minimum absolute atomic E-state index is 0.378. The molecular weight excluding hydrogens is 504 g/mol. The van der Waals surface area contributed by atoms with Crippen LogP contribution in [0.4, 0.5) is 5.82 Å². The molecule has 0 aliphatic carbocycles. The molecule has 0 saturated carbocycles. The lowest BCUT2D eigenvalue weighted by atomic mass is 10.2. The molecule has 0 bridgehead atoms. The highest BCUT2D eigenvalue weighted by atomic mass is 35.5. The van der Waals surface area contributed by atoms with Crippen molar-refractivity contribution in [3.8, 4) is 0 Å². The number of nitrogens with zero attached hydrogens (tertiary/aromatic N) is 6. The average Bonchev–Trinajstić information content (AvgIpc) is 3.37. The lowest BCUT2D eigenvalue weighted by molar-refractivity contribution is 0.925. The van der Waals surface area contributed by atoms with Gasteiger partial charge >= 0.3 is 0 Å². The summed E-state index contributed by atoms with van der Waals surface area (Å²) in [6.07, 6.45) is 3.28. The maximum absolute atomic E-state index is 6.14. The van der Waals surface area contributed by atoms with E-state index in [1.165, 1.54) is 4.52 Å². The molecule has 12 heteroatoms. The van der Waals surface area contributed by atoms with Crippen LogP contribution in [0.5, 0.6) is 0 Å². The molecule has 0 spiro atoms. The van der Waals surface area contributed by atoms with Crippen molar-refractivity contribution in [1.82, 2.24) is 29.2 Å². The predicted molar refractivity (Wildman–Crippen MR) is 125 cm³/mol. The highest BCUT2D eigenvalue weighted by Crippen LogP contribution is 2.23. The first-order valence-corrected chi connectivity index (χ1v) is 10.6. The Kier molecular flexibility index (Phi) is 6.69. The van der Waals surface area contributed by atoms with Crippen LogP contribution in [0, 0.1) is 0 Å². The quantitative estimate of drug-likeness (QED) is 0.284. The third kappa shape index (κ3) is 5.14. The topological polar surface area (TPSA) is 72.4 Å². The zero-order valence-corrected chi connectivity index (χ0v) is 19.3. The fourth-order valence-corrected chi connectivity index (χ4v) is 3.85. The Balaban J connectivity index is 0.000000177. The van der Waals surface area contributed by atoms with Crippen molar-refractivity contribution in [3.63, 3.8) is 0 Å². The Hall–Kier alpha value is -2.29. The Morgan fingerprint density at radius 1 is 0.742 bits per heavy atom. The van der Waals surface area contributed by atoms with E-state index in [0.29, 0.717) is 43.3 Å². The number of benzene rings is 1. The summed E-state index contributed by atoms with van der Waals surface area (Å²) >= 11 is 29.4. The number of rotatable bonds is 3. The smallest absolute Gasteiger partial charge is 0.159 e. The van der Waals surface area contributed by atoms with E-state index in [2.05, 4.69) is 25.5 Å². The average molecular weight is 516 g/mol. The summed E-state index contributed by atoms with van der Waals surface area (Å²) in [6, 6.07) is 12.2. The molecular formula is C19H12Cl5N7. The maximum atomic E-state index is 6.14. The second-order valence-corrected chi connectivity index (χ2v) is 8.16. The van der Waals surface area contributed by atoms with Crippen LogP contribution in [0.15, 0.2) is 54.9 Å². The van der Waals surface area contributed by atoms with E-state index < -0.39 is 0 Å². The monoisotopic (exact) mass is 513 g/mol. The number of aromatic nitrogens is 6. The molecule has 0 saturated heterocycles. The first-order chi connectivity index (χ1) is 14.9. The summed E-state index contributed by atoms with van der Waals surface area (Å²) in [4.78, 5) is 8.14. The molecule has 0 amide bonds. The van der Waals surface area contributed by atoms with Crippen molar-refractivity contribution >= 4 is 75.1 Å². The van der Waals surface area contributed by atoms with E-state index in [0.717, 1.165) is 11.4 Å². The summed E-state index contributed by atoms with van der Waals surface area (Å²) in [5.41, 5.74) is 2.27. The van der Waals surface area contributed by atoms with Crippen molar-refractivity contribution in [1.29, 1.82) is 0 Å². The highest BCUT2D eigenvalue weighted by molar-refractivity contribution is 6.35. The van der Waals surface area contributed by atoms with Gasteiger partial charge in [-0.25, -0.2) is 14.5 Å². The van der Waals surface area contributed by atoms with Gasteiger partial charge in [-0.05, 0) is 17.7 Å². The molecule has 7 nitrogen and oxygen atoms in total.